The quantitative estimate of drug-likeness (QED) is 0.452. The second-order valence-electron chi connectivity index (χ2n) is 2.19. The molecule has 1 atom stereocenters. The van der Waals surface area contributed by atoms with Crippen molar-refractivity contribution in [2.24, 2.45) is 0 Å². The minimum Gasteiger partial charge on any atom is -0.463 e. The molecular formula is C6H13O5P. The van der Waals surface area contributed by atoms with E-state index in [-0.39, 0.29) is 25.8 Å². The highest BCUT2D eigenvalue weighted by Crippen LogP contribution is 2.14. The van der Waals surface area contributed by atoms with E-state index in [0.717, 1.165) is 0 Å². The molecule has 0 aromatic heterocycles. The van der Waals surface area contributed by atoms with Crippen LogP contribution in [0.4, 0.5) is 0 Å². The number of hydrogen-bond acceptors (Lipinski definition) is 4. The molecule has 5 nitrogen and oxygen atoms in total. The summed E-state index contributed by atoms with van der Waals surface area (Å²) in [6.07, 6.45) is 0.647. The second-order valence-corrected chi connectivity index (χ2v) is 3.48. The molecule has 2 N–H and O–H groups in total. The van der Waals surface area contributed by atoms with Crippen LogP contribution in [0, 0.1) is 0 Å². The first-order valence-electron chi connectivity index (χ1n) is 3.65. The normalized spacial score (nSPS) is 12.5. The predicted octanol–water partition coefficient (Wildman–Crippen LogP) is -0.231. The first kappa shape index (κ1) is 11.6. The van der Waals surface area contributed by atoms with Crippen molar-refractivity contribution in [3.63, 3.8) is 0 Å². The van der Waals surface area contributed by atoms with Gasteiger partial charge in [0.15, 0.2) is 8.03 Å². The molecule has 0 aliphatic carbocycles. The van der Waals surface area contributed by atoms with Crippen LogP contribution in [-0.4, -0.2) is 35.3 Å². The van der Waals surface area contributed by atoms with Gasteiger partial charge in [0.25, 0.3) is 0 Å². The van der Waals surface area contributed by atoms with Gasteiger partial charge in [-0.25, -0.2) is 0 Å². The zero-order valence-corrected chi connectivity index (χ0v) is 7.65. The summed E-state index contributed by atoms with van der Waals surface area (Å²) in [4.78, 5) is 19.1. The molecule has 0 saturated heterocycles. The Bertz CT molecular complexity index is 158. The van der Waals surface area contributed by atoms with Gasteiger partial charge in [0, 0.05) is 12.6 Å². The summed E-state index contributed by atoms with van der Waals surface area (Å²) in [5, 5.41) is 8.27. The Balaban J connectivity index is 3.25. The van der Waals surface area contributed by atoms with Crippen LogP contribution in [0.1, 0.15) is 12.8 Å². The van der Waals surface area contributed by atoms with Crippen molar-refractivity contribution < 1.29 is 24.1 Å². The van der Waals surface area contributed by atoms with Gasteiger partial charge in [0.05, 0.1) is 6.61 Å². The smallest absolute Gasteiger partial charge is 0.305 e. The van der Waals surface area contributed by atoms with Crippen molar-refractivity contribution in [1.29, 1.82) is 0 Å². The highest BCUT2D eigenvalue weighted by Gasteiger charge is 2.02. The number of carbonyl (C=O) groups is 1. The van der Waals surface area contributed by atoms with Gasteiger partial charge in [-0.1, -0.05) is 0 Å². The molecule has 0 fully saturated rings. The first-order chi connectivity index (χ1) is 5.66. The van der Waals surface area contributed by atoms with Crippen LogP contribution in [0.5, 0.6) is 0 Å². The van der Waals surface area contributed by atoms with Crippen molar-refractivity contribution in [3.8, 4) is 0 Å². The lowest BCUT2D eigenvalue weighted by Gasteiger charge is -2.00. The summed E-state index contributed by atoms with van der Waals surface area (Å²) in [6.45, 7) is -0.199. The molecule has 0 aliphatic rings. The number of aliphatic hydroxyl groups excluding tert-OH is 1. The summed E-state index contributed by atoms with van der Waals surface area (Å²) >= 11 is 0. The molecule has 0 rings (SSSR count). The minimum atomic E-state index is -2.46. The van der Waals surface area contributed by atoms with E-state index in [1.165, 1.54) is 0 Å². The van der Waals surface area contributed by atoms with E-state index in [2.05, 4.69) is 4.74 Å². The highest BCUT2D eigenvalue weighted by atomic mass is 31.1. The average Bonchev–Trinajstić information content (AvgIpc) is 2.00. The van der Waals surface area contributed by atoms with Crippen LogP contribution in [0.25, 0.3) is 0 Å². The van der Waals surface area contributed by atoms with E-state index >= 15 is 0 Å². The lowest BCUT2D eigenvalue weighted by atomic mass is 10.3. The zero-order chi connectivity index (χ0) is 9.40. The van der Waals surface area contributed by atoms with Crippen LogP contribution < -0.4 is 0 Å². The van der Waals surface area contributed by atoms with E-state index in [1.54, 1.807) is 0 Å². The molecule has 0 aromatic rings. The summed E-state index contributed by atoms with van der Waals surface area (Å²) in [7, 11) is -2.46. The lowest BCUT2D eigenvalue weighted by molar-refractivity contribution is -0.144. The van der Waals surface area contributed by atoms with Gasteiger partial charge in [-0.05, 0) is 6.42 Å². The molecule has 0 radical (unpaired) electrons. The van der Waals surface area contributed by atoms with Crippen LogP contribution in [0.15, 0.2) is 0 Å². The lowest BCUT2D eigenvalue weighted by Crippen LogP contribution is -2.08. The van der Waals surface area contributed by atoms with Crippen molar-refractivity contribution >= 4 is 14.0 Å². The maximum absolute atomic E-state index is 10.7. The third-order valence-corrected chi connectivity index (χ3v) is 1.91. The monoisotopic (exact) mass is 196 g/mol. The average molecular weight is 196 g/mol. The van der Waals surface area contributed by atoms with Gasteiger partial charge in [-0.2, -0.15) is 0 Å². The van der Waals surface area contributed by atoms with Gasteiger partial charge in [-0.15, -0.1) is 0 Å². The Labute approximate surface area is 71.2 Å². The summed E-state index contributed by atoms with van der Waals surface area (Å²) < 4.78 is 14.7. The molecule has 0 spiro atoms. The van der Waals surface area contributed by atoms with Gasteiger partial charge in [0.1, 0.15) is 6.61 Å². The number of carbonyl (C=O) groups excluding carboxylic acids is 1. The predicted molar refractivity (Wildman–Crippen MR) is 43.4 cm³/mol. The van der Waals surface area contributed by atoms with Crippen LogP contribution in [0.2, 0.25) is 0 Å². The fourth-order valence-electron chi connectivity index (χ4n) is 0.616. The Morgan fingerprint density at radius 3 is 2.67 bits per heavy atom. The van der Waals surface area contributed by atoms with E-state index in [0.29, 0.717) is 6.42 Å². The SMILES string of the molecule is O=C(CCC[PH](=O)O)OCCO. The Hall–Kier alpha value is -0.380. The van der Waals surface area contributed by atoms with Crippen LogP contribution in [0.3, 0.4) is 0 Å². The fraction of sp³-hybridized carbons (Fsp3) is 0.833. The summed E-state index contributed by atoms with van der Waals surface area (Å²) in [6, 6.07) is 0. The van der Waals surface area contributed by atoms with Gasteiger partial charge in [-0.3, -0.25) is 9.36 Å². The van der Waals surface area contributed by atoms with E-state index in [9.17, 15) is 9.36 Å². The van der Waals surface area contributed by atoms with Crippen molar-refractivity contribution in [2.45, 2.75) is 12.8 Å². The third-order valence-electron chi connectivity index (χ3n) is 1.13. The maximum atomic E-state index is 10.7. The third kappa shape index (κ3) is 7.72. The molecule has 0 aromatic carbocycles. The van der Waals surface area contributed by atoms with Crippen molar-refractivity contribution in [1.82, 2.24) is 0 Å². The van der Waals surface area contributed by atoms with Gasteiger partial charge >= 0.3 is 5.97 Å². The number of rotatable bonds is 6. The molecule has 0 bridgehead atoms. The second kappa shape index (κ2) is 7.28. The molecule has 0 amide bonds. The van der Waals surface area contributed by atoms with Crippen LogP contribution >= 0.6 is 8.03 Å². The molecule has 0 aliphatic heterocycles. The molecule has 72 valence electrons. The Morgan fingerprint density at radius 1 is 1.50 bits per heavy atom. The van der Waals surface area contributed by atoms with E-state index < -0.39 is 14.0 Å². The molecule has 12 heavy (non-hydrogen) atoms. The Morgan fingerprint density at radius 2 is 2.17 bits per heavy atom. The number of hydrogen-bond donors (Lipinski definition) is 2. The summed E-state index contributed by atoms with van der Waals surface area (Å²) in [5.41, 5.74) is 0. The standard InChI is InChI=1S/C6H13O5P/c7-3-4-11-6(8)2-1-5-12(9)10/h7,12H,1-5H2,(H,9,10). The molecule has 0 saturated carbocycles. The van der Waals surface area contributed by atoms with E-state index in [1.807, 2.05) is 0 Å². The summed E-state index contributed by atoms with van der Waals surface area (Å²) in [5.74, 6) is -0.438. The minimum absolute atomic E-state index is 0.00680. The Kier molecular flexibility index (Phi) is 7.05. The van der Waals surface area contributed by atoms with Crippen molar-refractivity contribution in [3.05, 3.63) is 0 Å². The topological polar surface area (TPSA) is 83.8 Å². The van der Waals surface area contributed by atoms with Gasteiger partial charge in [0.2, 0.25) is 0 Å². The number of ether oxygens (including phenoxy) is 1. The van der Waals surface area contributed by atoms with Crippen LogP contribution in [-0.2, 0) is 14.1 Å². The van der Waals surface area contributed by atoms with E-state index in [4.69, 9.17) is 10.00 Å². The molecule has 0 heterocycles. The first-order valence-corrected chi connectivity index (χ1v) is 5.21. The largest absolute Gasteiger partial charge is 0.463 e. The molecular weight excluding hydrogens is 183 g/mol. The highest BCUT2D eigenvalue weighted by molar-refractivity contribution is 7.37. The fourth-order valence-corrected chi connectivity index (χ4v) is 1.09. The van der Waals surface area contributed by atoms with Gasteiger partial charge < -0.3 is 14.7 Å². The molecule has 6 heteroatoms. The zero-order valence-electron chi connectivity index (χ0n) is 6.65. The number of aliphatic hydroxyl groups is 1. The number of esters is 1. The molecule has 1 unspecified atom stereocenters. The maximum Gasteiger partial charge on any atom is 0.305 e. The van der Waals surface area contributed by atoms with Crippen molar-refractivity contribution in [2.75, 3.05) is 19.4 Å².